The van der Waals surface area contributed by atoms with E-state index in [2.05, 4.69) is 46.4 Å². The molecule has 1 aliphatic carbocycles. The molecular weight excluding hydrogens is 1460 g/mol. The lowest BCUT2D eigenvalue weighted by atomic mass is 9.84. The Morgan fingerprint density at radius 2 is 0.946 bits per heavy atom. The largest absolute Gasteiger partial charge is 0.465 e. The first-order valence-corrected chi connectivity index (χ1v) is 41.4. The Bertz CT molecular complexity index is 3880. The SMILES string of the molecule is C.CC[C@H](C)[C@@H]([C@@H](CC(=O)N1CCC[C@H]1[C@H](OC)[C@@H](C)C(=O)C[C@@H](Cc1ccccc1)c1nccs1)OC)N(C)C(=O)[C@@H](CC(=O)OCC1c2ccccc2-c2ccccc21)C(C)(C)O.CC[C@H](C)[C@@H]([C@@H](CC(=O)N1CCC[C@H]1[C@H](OC)[C@@H](C)C(=O)C[C@@H](Cc1ccccc1)c1nccs1)OC)N(C)C(=O)[C@@H](N)C(C)(C)O. The van der Waals surface area contributed by atoms with E-state index in [0.29, 0.717) is 51.6 Å². The van der Waals surface area contributed by atoms with Crippen molar-refractivity contribution in [3.8, 4) is 11.1 Å². The maximum atomic E-state index is 14.6. The molecule has 2 aliphatic heterocycles. The zero-order valence-electron chi connectivity index (χ0n) is 68.2. The molecule has 4 N–H and O–H groups in total. The van der Waals surface area contributed by atoms with Crippen molar-refractivity contribution in [3.05, 3.63) is 165 Å². The molecule has 3 aliphatic rings. The highest BCUT2D eigenvalue weighted by atomic mass is 32.1. The zero-order chi connectivity index (χ0) is 81.0. The number of esters is 1. The first-order valence-electron chi connectivity index (χ1n) is 39.6. The van der Waals surface area contributed by atoms with Gasteiger partial charge in [0.05, 0.1) is 95.0 Å². The van der Waals surface area contributed by atoms with Gasteiger partial charge in [0, 0.05) is 121 Å². The van der Waals surface area contributed by atoms with Gasteiger partial charge in [-0.2, -0.15) is 0 Å². The van der Waals surface area contributed by atoms with Crippen molar-refractivity contribution >= 4 is 63.8 Å². The standard InChI is InChI=1S/C52H67N3O8S.C36H56N4O6S.CH4/c1-9-33(2)48(54(6)51(59)42(52(4,5)60)30-47(58)63-32-41-39-22-15-13-20-37(39)38-21-14-16-23-40(38)41)45(61-7)31-46(57)55-26-17-24-43(55)49(62-8)34(3)44(56)29-36(50-53-25-27-64-50)28-35-18-11-10-12-19-35;1-9-23(2)31(39(6)35(43)33(37)36(4,5)44)29(45-7)22-30(42)40-18-13-16-27(40)32(46-8)24(3)28(41)21-26(34-38-17-19-47-34)20-25-14-11-10-12-15-25;/h10-16,18-23,25,27,33-34,36,41-43,45,48-49,60H,9,17,24,26,28-32H2,1-8H3;10-12,14-15,17,19,23-24,26-27,29,31-33,44H,9,13,16,18,20-22,37H2,1-8H3;1H4/t33-,34-,36+,42+,43-,45+,48-,49+;23-,24-,26+,27-,29+,31-,32+,33+;/m00./s1. The molecule has 4 heterocycles. The summed E-state index contributed by atoms with van der Waals surface area (Å²) in [5.74, 6) is -3.95. The van der Waals surface area contributed by atoms with Gasteiger partial charge in [-0.15, -0.1) is 22.7 Å². The predicted molar refractivity (Wildman–Crippen MR) is 442 cm³/mol. The van der Waals surface area contributed by atoms with Gasteiger partial charge in [-0.25, -0.2) is 9.97 Å². The van der Waals surface area contributed by atoms with E-state index in [1.165, 1.54) is 32.6 Å². The molecule has 21 nitrogen and oxygen atoms in total. The Kier molecular flexibility index (Phi) is 35.0. The van der Waals surface area contributed by atoms with E-state index in [4.69, 9.17) is 29.4 Å². The number of ketones is 2. The fraction of sp³-hybridized carbons (Fsp3) is 0.584. The van der Waals surface area contributed by atoms with Crippen LogP contribution in [0, 0.1) is 29.6 Å². The van der Waals surface area contributed by atoms with Gasteiger partial charge in [-0.3, -0.25) is 33.6 Å². The van der Waals surface area contributed by atoms with E-state index >= 15 is 0 Å². The molecule has 23 heteroatoms. The van der Waals surface area contributed by atoms with E-state index in [9.17, 15) is 43.8 Å². The molecule has 0 radical (unpaired) electrons. The van der Waals surface area contributed by atoms with Crippen molar-refractivity contribution in [2.75, 3.05) is 62.2 Å². The van der Waals surface area contributed by atoms with Crippen LogP contribution in [-0.4, -0.2) is 209 Å². The van der Waals surface area contributed by atoms with E-state index in [1.807, 2.05) is 135 Å². The predicted octanol–water partition coefficient (Wildman–Crippen LogP) is 13.6. The Hall–Kier alpha value is -7.45. The second kappa shape index (κ2) is 42.8. The number of nitrogens with zero attached hydrogens (tertiary/aromatic N) is 6. The number of aliphatic hydroxyl groups is 2. The number of ether oxygens (including phenoxy) is 5. The molecule has 2 aromatic heterocycles. The number of amides is 4. The molecule has 9 rings (SSSR count). The highest BCUT2D eigenvalue weighted by molar-refractivity contribution is 7.09. The molecule has 4 amide bonds. The smallest absolute Gasteiger partial charge is 0.306 e. The summed E-state index contributed by atoms with van der Waals surface area (Å²) in [5, 5.41) is 27.6. The topological polar surface area (TPSA) is 271 Å². The van der Waals surface area contributed by atoms with Crippen LogP contribution in [0.4, 0.5) is 0 Å². The van der Waals surface area contributed by atoms with Gasteiger partial charge >= 0.3 is 5.97 Å². The van der Waals surface area contributed by atoms with Crippen molar-refractivity contribution in [1.82, 2.24) is 29.6 Å². The molecule has 112 heavy (non-hydrogen) atoms. The van der Waals surface area contributed by atoms with Crippen LogP contribution in [0.2, 0.25) is 0 Å². The normalized spacial score (nSPS) is 18.7. The lowest BCUT2D eigenvalue weighted by Gasteiger charge is -2.41. The molecule has 614 valence electrons. The van der Waals surface area contributed by atoms with Gasteiger partial charge in [-0.1, -0.05) is 171 Å². The lowest BCUT2D eigenvalue weighted by Crippen LogP contribution is -2.59. The lowest BCUT2D eigenvalue weighted by molar-refractivity contribution is -0.159. The fourth-order valence-corrected chi connectivity index (χ4v) is 18.4. The number of hydrogen-bond acceptors (Lipinski definition) is 19. The fourth-order valence-electron chi connectivity index (χ4n) is 16.9. The number of thiazole rings is 2. The van der Waals surface area contributed by atoms with Crippen molar-refractivity contribution in [1.29, 1.82) is 0 Å². The summed E-state index contributed by atoms with van der Waals surface area (Å²) in [6.45, 7) is 19.1. The summed E-state index contributed by atoms with van der Waals surface area (Å²) < 4.78 is 30.0. The van der Waals surface area contributed by atoms with Crippen LogP contribution in [0.25, 0.3) is 11.1 Å². The number of methoxy groups -OCH3 is 4. The van der Waals surface area contributed by atoms with Gasteiger partial charge in [0.2, 0.25) is 23.6 Å². The number of rotatable bonds is 40. The third-order valence-corrected chi connectivity index (χ3v) is 25.7. The average molecular weight is 1580 g/mol. The first-order chi connectivity index (χ1) is 52.9. The Balaban J connectivity index is 0.000000323. The third-order valence-electron chi connectivity index (χ3n) is 23.8. The van der Waals surface area contributed by atoms with E-state index in [0.717, 1.165) is 69.1 Å². The number of fused-ring (bicyclic) bond motifs is 3. The number of carbonyl (C=O) groups is 7. The van der Waals surface area contributed by atoms with E-state index in [1.54, 1.807) is 82.5 Å². The number of Topliss-reactive ketones (excluding diaryl/α,β-unsaturated/α-hetero) is 2. The second-order valence-electron chi connectivity index (χ2n) is 32.0. The van der Waals surface area contributed by atoms with Crippen LogP contribution >= 0.6 is 22.7 Å². The third kappa shape index (κ3) is 23.2. The van der Waals surface area contributed by atoms with Crippen LogP contribution in [0.1, 0.15) is 197 Å². The van der Waals surface area contributed by atoms with Gasteiger partial charge in [0.1, 0.15) is 24.2 Å². The van der Waals surface area contributed by atoms with Crippen LogP contribution in [-0.2, 0) is 70.1 Å². The molecule has 16 atom stereocenters. The summed E-state index contributed by atoms with van der Waals surface area (Å²) in [5.41, 5.74) is 9.85. The molecule has 0 bridgehead atoms. The molecule has 4 aromatic carbocycles. The molecule has 0 unspecified atom stereocenters. The maximum absolute atomic E-state index is 14.6. The zero-order valence-corrected chi connectivity index (χ0v) is 69.8. The molecular formula is C89H127N7O14S2. The minimum absolute atomic E-state index is 0. The summed E-state index contributed by atoms with van der Waals surface area (Å²) in [6, 6.07) is 33.7. The second-order valence-corrected chi connectivity index (χ2v) is 33.8. The maximum Gasteiger partial charge on any atom is 0.306 e. The number of benzene rings is 4. The summed E-state index contributed by atoms with van der Waals surface area (Å²) in [7, 11) is 9.64. The number of likely N-dealkylation sites (N-methyl/N-ethyl adjacent to an activating group) is 2. The minimum Gasteiger partial charge on any atom is -0.465 e. The Morgan fingerprint density at radius 1 is 0.554 bits per heavy atom. The van der Waals surface area contributed by atoms with Crippen molar-refractivity contribution in [3.63, 3.8) is 0 Å². The summed E-state index contributed by atoms with van der Waals surface area (Å²) in [4.78, 5) is 114. The van der Waals surface area contributed by atoms with Crippen molar-refractivity contribution < 1.29 is 67.5 Å². The van der Waals surface area contributed by atoms with Gasteiger partial charge in [-0.05, 0) is 111 Å². The monoisotopic (exact) mass is 1580 g/mol. The van der Waals surface area contributed by atoms with Crippen molar-refractivity contribution in [2.24, 2.45) is 35.3 Å². The van der Waals surface area contributed by atoms with Gasteiger partial charge in [0.25, 0.3) is 0 Å². The quantitative estimate of drug-likeness (QED) is 0.0302. The summed E-state index contributed by atoms with van der Waals surface area (Å²) >= 11 is 3.12. The Morgan fingerprint density at radius 3 is 1.30 bits per heavy atom. The molecule has 0 spiro atoms. The van der Waals surface area contributed by atoms with Crippen LogP contribution in [0.5, 0.6) is 0 Å². The van der Waals surface area contributed by atoms with Crippen LogP contribution in [0.3, 0.4) is 0 Å². The van der Waals surface area contributed by atoms with Crippen LogP contribution < -0.4 is 5.73 Å². The van der Waals surface area contributed by atoms with E-state index in [-0.39, 0.29) is 98.4 Å². The average Bonchev–Trinajstić information content (AvgIpc) is 1.59. The minimum atomic E-state index is -1.57. The molecule has 6 aromatic rings. The number of hydrogen-bond donors (Lipinski definition) is 3. The van der Waals surface area contributed by atoms with Gasteiger partial charge < -0.3 is 59.2 Å². The number of aromatic nitrogens is 2. The number of likely N-dealkylation sites (tertiary alicyclic amines) is 2. The number of carbonyl (C=O) groups excluding carboxylic acids is 7. The van der Waals surface area contributed by atoms with Crippen molar-refractivity contribution in [2.45, 2.75) is 244 Å². The highest BCUT2D eigenvalue weighted by Gasteiger charge is 2.47. The Labute approximate surface area is 674 Å². The van der Waals surface area contributed by atoms with Crippen LogP contribution in [0.15, 0.2) is 132 Å². The molecule has 0 saturated carbocycles. The molecule has 2 fully saturated rings. The summed E-state index contributed by atoms with van der Waals surface area (Å²) in [6.07, 6.45) is 7.44. The number of nitrogens with two attached hydrogens (primary N) is 1. The van der Waals surface area contributed by atoms with Gasteiger partial charge in [0.15, 0.2) is 0 Å². The molecule has 2 saturated heterocycles. The highest BCUT2D eigenvalue weighted by Crippen LogP contribution is 2.45. The first kappa shape index (κ1) is 91.7. The van der Waals surface area contributed by atoms with E-state index < -0.39 is 89.3 Å².